The van der Waals surface area contributed by atoms with E-state index in [9.17, 15) is 0 Å². The van der Waals surface area contributed by atoms with Crippen LogP contribution in [-0.4, -0.2) is 19.3 Å². The third-order valence-corrected chi connectivity index (χ3v) is 9.12. The number of aryl methyl sites for hydroxylation is 4. The molecule has 0 aliphatic rings. The monoisotopic (exact) mass is 750 g/mol. The van der Waals surface area contributed by atoms with Crippen LogP contribution in [0.3, 0.4) is 0 Å². The van der Waals surface area contributed by atoms with Crippen LogP contribution in [0.4, 0.5) is 0 Å². The van der Waals surface area contributed by atoms with Crippen LogP contribution in [0.25, 0.3) is 44.4 Å². The predicted octanol–water partition coefficient (Wildman–Crippen LogP) is 11.3. The van der Waals surface area contributed by atoms with Crippen molar-refractivity contribution in [1.82, 2.24) is 19.3 Å². The molecule has 0 unspecified atom stereocenters. The van der Waals surface area contributed by atoms with E-state index in [1.165, 1.54) is 27.8 Å². The third-order valence-electron chi connectivity index (χ3n) is 9.12. The number of para-hydroxylation sites is 1. The SMILES string of the molecule is Cc1ccnc(-n2c3[c-]c(Oc4[c-]c(-n5nc(C(C)(C)C)c(-c6c(C)cc(C)cc6C)c5C(C)(C)C)ccc4)ccc3c3ccccc32)c1.[Pd+2]. The summed E-state index contributed by atoms with van der Waals surface area (Å²) in [7, 11) is 0. The molecular weight excluding hydrogens is 707 g/mol. The van der Waals surface area contributed by atoms with Crippen LogP contribution < -0.4 is 4.74 Å². The maximum absolute atomic E-state index is 6.54. The minimum atomic E-state index is -0.212. The van der Waals surface area contributed by atoms with Crippen LogP contribution in [0.2, 0.25) is 0 Å². The number of nitrogens with zero attached hydrogens (tertiary/aromatic N) is 4. The molecule has 0 saturated heterocycles. The Labute approximate surface area is 310 Å². The van der Waals surface area contributed by atoms with Gasteiger partial charge in [-0.25, -0.2) is 4.98 Å². The van der Waals surface area contributed by atoms with E-state index in [0.717, 1.165) is 50.3 Å². The number of hydrogen-bond donors (Lipinski definition) is 0. The average molecular weight is 751 g/mol. The predicted molar refractivity (Wildman–Crippen MR) is 202 cm³/mol. The largest absolute Gasteiger partial charge is 2.00 e. The summed E-state index contributed by atoms with van der Waals surface area (Å²) in [6.07, 6.45) is 1.85. The molecule has 4 aromatic carbocycles. The van der Waals surface area contributed by atoms with E-state index in [0.29, 0.717) is 11.5 Å². The van der Waals surface area contributed by atoms with Gasteiger partial charge < -0.3 is 9.30 Å². The van der Waals surface area contributed by atoms with Crippen LogP contribution in [0, 0.1) is 39.8 Å². The van der Waals surface area contributed by atoms with E-state index in [4.69, 9.17) is 14.8 Å². The summed E-state index contributed by atoms with van der Waals surface area (Å²) < 4.78 is 10.8. The van der Waals surface area contributed by atoms with Crippen molar-refractivity contribution in [2.75, 3.05) is 0 Å². The van der Waals surface area contributed by atoms with Gasteiger partial charge in [0.15, 0.2) is 0 Å². The number of pyridine rings is 1. The Kier molecular flexibility index (Phi) is 9.18. The van der Waals surface area contributed by atoms with Crippen molar-refractivity contribution in [3.8, 4) is 34.1 Å². The molecule has 3 aromatic heterocycles. The summed E-state index contributed by atoms with van der Waals surface area (Å²) >= 11 is 0. The van der Waals surface area contributed by atoms with E-state index in [2.05, 4.69) is 145 Å². The summed E-state index contributed by atoms with van der Waals surface area (Å²) in [6.45, 7) is 22.2. The molecule has 5 nitrogen and oxygen atoms in total. The van der Waals surface area contributed by atoms with E-state index >= 15 is 0 Å². The van der Waals surface area contributed by atoms with Gasteiger partial charge in [0.2, 0.25) is 0 Å². The molecule has 256 valence electrons. The smallest absolute Gasteiger partial charge is 0.509 e. The van der Waals surface area contributed by atoms with Gasteiger partial charge in [0, 0.05) is 39.6 Å². The molecule has 0 aliphatic heterocycles. The Morgan fingerprint density at radius 1 is 0.660 bits per heavy atom. The van der Waals surface area contributed by atoms with Gasteiger partial charge in [-0.05, 0) is 79.2 Å². The topological polar surface area (TPSA) is 44.9 Å². The Morgan fingerprint density at radius 3 is 2.04 bits per heavy atom. The Hall–Kier alpha value is -4.50. The van der Waals surface area contributed by atoms with Crippen molar-refractivity contribution in [3.63, 3.8) is 0 Å². The molecule has 0 atom stereocenters. The average Bonchev–Trinajstić information content (AvgIpc) is 3.58. The van der Waals surface area contributed by atoms with Crippen molar-refractivity contribution in [3.05, 3.63) is 131 Å². The quantitative estimate of drug-likeness (QED) is 0.130. The zero-order valence-corrected chi connectivity index (χ0v) is 32.2. The molecule has 0 aliphatic carbocycles. The number of ether oxygens (including phenoxy) is 1. The molecule has 0 amide bonds. The maximum atomic E-state index is 6.54. The second-order valence-electron chi connectivity index (χ2n) is 15.4. The van der Waals surface area contributed by atoms with Crippen molar-refractivity contribution in [1.29, 1.82) is 0 Å². The number of rotatable bonds is 5. The molecule has 0 fully saturated rings. The first-order valence-corrected chi connectivity index (χ1v) is 17.0. The molecule has 3 heterocycles. The molecule has 50 heavy (non-hydrogen) atoms. The molecule has 0 N–H and O–H groups in total. The van der Waals surface area contributed by atoms with Crippen LogP contribution in [0.5, 0.6) is 11.5 Å². The molecule has 0 bridgehead atoms. The summed E-state index contributed by atoms with van der Waals surface area (Å²) in [6, 6.07) is 34.3. The van der Waals surface area contributed by atoms with Gasteiger partial charge in [0.05, 0.1) is 11.4 Å². The minimum absolute atomic E-state index is 0. The second-order valence-corrected chi connectivity index (χ2v) is 15.4. The Balaban J connectivity index is 0.00000432. The zero-order valence-electron chi connectivity index (χ0n) is 30.6. The number of fused-ring (bicyclic) bond motifs is 3. The maximum Gasteiger partial charge on any atom is 2.00 e. The van der Waals surface area contributed by atoms with E-state index < -0.39 is 0 Å². The van der Waals surface area contributed by atoms with Crippen molar-refractivity contribution >= 4 is 21.8 Å². The molecule has 0 radical (unpaired) electrons. The molecule has 7 aromatic rings. The molecule has 7 rings (SSSR count). The normalized spacial score (nSPS) is 12.0. The first-order valence-electron chi connectivity index (χ1n) is 17.0. The Bertz CT molecular complexity index is 2360. The van der Waals surface area contributed by atoms with Gasteiger partial charge in [0.1, 0.15) is 5.82 Å². The summed E-state index contributed by atoms with van der Waals surface area (Å²) in [5, 5.41) is 7.62. The third kappa shape index (κ3) is 6.32. The summed E-state index contributed by atoms with van der Waals surface area (Å²) in [5.41, 5.74) is 12.1. The van der Waals surface area contributed by atoms with Crippen LogP contribution in [-0.2, 0) is 31.3 Å². The van der Waals surface area contributed by atoms with Crippen molar-refractivity contribution < 1.29 is 25.2 Å². The van der Waals surface area contributed by atoms with Gasteiger partial charge in [0.25, 0.3) is 0 Å². The molecule has 0 saturated carbocycles. The van der Waals surface area contributed by atoms with Crippen LogP contribution in [0.1, 0.15) is 75.2 Å². The van der Waals surface area contributed by atoms with Crippen molar-refractivity contribution in [2.24, 2.45) is 0 Å². The van der Waals surface area contributed by atoms with Gasteiger partial charge >= 0.3 is 20.4 Å². The molecule has 6 heteroatoms. The fraction of sp³-hybridized carbons (Fsp3) is 0.273. The molecule has 0 spiro atoms. The van der Waals surface area contributed by atoms with E-state index in [1.54, 1.807) is 0 Å². The van der Waals surface area contributed by atoms with Gasteiger partial charge in [-0.3, -0.25) is 4.68 Å². The second kappa shape index (κ2) is 13.0. The summed E-state index contributed by atoms with van der Waals surface area (Å²) in [5.74, 6) is 2.06. The van der Waals surface area contributed by atoms with Crippen LogP contribution in [0.15, 0.2) is 85.1 Å². The Morgan fingerprint density at radius 2 is 1.36 bits per heavy atom. The van der Waals surface area contributed by atoms with Gasteiger partial charge in [-0.1, -0.05) is 83.0 Å². The van der Waals surface area contributed by atoms with Gasteiger partial charge in [-0.15, -0.1) is 35.7 Å². The van der Waals surface area contributed by atoms with E-state index in [1.807, 2.05) is 30.5 Å². The first-order chi connectivity index (χ1) is 23.2. The number of hydrogen-bond acceptors (Lipinski definition) is 3. The number of aromatic nitrogens is 4. The number of benzene rings is 4. The fourth-order valence-corrected chi connectivity index (χ4v) is 7.17. The first kappa shape index (κ1) is 35.3. The van der Waals surface area contributed by atoms with Gasteiger partial charge in [-0.2, -0.15) is 17.2 Å². The van der Waals surface area contributed by atoms with Crippen LogP contribution >= 0.6 is 0 Å². The van der Waals surface area contributed by atoms with E-state index in [-0.39, 0.29) is 31.3 Å². The fourth-order valence-electron chi connectivity index (χ4n) is 7.17. The molecular formula is C44H44N4OPd. The van der Waals surface area contributed by atoms with Crippen molar-refractivity contribution in [2.45, 2.75) is 80.1 Å². The summed E-state index contributed by atoms with van der Waals surface area (Å²) in [4.78, 5) is 4.72. The standard InChI is InChI=1S/C44H44N4O.Pd/c1-27-20-21-45-38(24-27)47-36-17-12-11-16-34(36)35-19-18-33(26-37(35)47)49-32-15-13-14-31(25-32)48-42(44(8,9)10)40(41(46-48)43(5,6)7)39-29(3)22-28(2)23-30(39)4;/h11-24H,1-10H3;/q-2;+2. The zero-order chi connectivity index (χ0) is 34.8. The minimum Gasteiger partial charge on any atom is -0.509 e.